The van der Waals surface area contributed by atoms with E-state index in [0.29, 0.717) is 4.88 Å². The number of aromatic nitrogens is 3. The molecule has 2 aliphatic heterocycles. The number of nitrogens with zero attached hydrogens (tertiary/aromatic N) is 4. The zero-order valence-corrected chi connectivity index (χ0v) is 13.7. The highest BCUT2D eigenvalue weighted by molar-refractivity contribution is 7.07. The Morgan fingerprint density at radius 3 is 2.57 bits per heavy atom. The summed E-state index contributed by atoms with van der Waals surface area (Å²) in [5.41, 5.74) is 0.731. The van der Waals surface area contributed by atoms with Crippen LogP contribution in [0.4, 0.5) is 0 Å². The van der Waals surface area contributed by atoms with Crippen LogP contribution in [0.5, 0.6) is 5.75 Å². The molecular formula is C16H18N4O2S. The van der Waals surface area contributed by atoms with Crippen molar-refractivity contribution in [3.8, 4) is 5.75 Å². The van der Waals surface area contributed by atoms with Crippen LogP contribution in [0.25, 0.3) is 0 Å². The lowest BCUT2D eigenvalue weighted by molar-refractivity contribution is 0.0362. The molecule has 0 spiro atoms. The maximum absolute atomic E-state index is 12.8. The fraction of sp³-hybridized carbons (Fsp3) is 0.500. The number of amides is 1. The van der Waals surface area contributed by atoms with E-state index in [2.05, 4.69) is 19.5 Å². The number of hydrogen-bond donors (Lipinski definition) is 0. The zero-order valence-electron chi connectivity index (χ0n) is 12.9. The van der Waals surface area contributed by atoms with Crippen LogP contribution in [0, 0.1) is 6.92 Å². The van der Waals surface area contributed by atoms with E-state index in [4.69, 9.17) is 4.74 Å². The molecule has 0 aromatic carbocycles. The van der Waals surface area contributed by atoms with Crippen molar-refractivity contribution in [1.29, 1.82) is 0 Å². The molecule has 2 aromatic rings. The second-order valence-corrected chi connectivity index (χ2v) is 6.93. The number of piperidine rings is 1. The molecule has 120 valence electrons. The molecule has 2 fully saturated rings. The minimum Gasteiger partial charge on any atom is -0.490 e. The van der Waals surface area contributed by atoms with Gasteiger partial charge in [-0.2, -0.15) is 0 Å². The van der Waals surface area contributed by atoms with Gasteiger partial charge in [-0.25, -0.2) is 0 Å². The molecule has 0 N–H and O–H groups in total. The highest BCUT2D eigenvalue weighted by atomic mass is 32.1. The second kappa shape index (κ2) is 5.88. The quantitative estimate of drug-likeness (QED) is 0.865. The van der Waals surface area contributed by atoms with Gasteiger partial charge in [0.2, 0.25) is 0 Å². The molecule has 2 unspecified atom stereocenters. The van der Waals surface area contributed by atoms with E-state index in [0.717, 1.165) is 37.1 Å². The Bertz CT molecular complexity index is 691. The maximum atomic E-state index is 12.8. The summed E-state index contributed by atoms with van der Waals surface area (Å²) in [6.45, 7) is 1.85. The molecule has 2 atom stereocenters. The highest BCUT2D eigenvalue weighted by Gasteiger charge is 2.45. The molecule has 4 rings (SSSR count). The third kappa shape index (κ3) is 2.69. The summed E-state index contributed by atoms with van der Waals surface area (Å²) in [4.78, 5) is 19.6. The first-order chi connectivity index (χ1) is 11.2. The number of pyridine rings is 1. The summed E-state index contributed by atoms with van der Waals surface area (Å²) < 4.78 is 9.97. The van der Waals surface area contributed by atoms with Gasteiger partial charge in [0, 0.05) is 37.3 Å². The van der Waals surface area contributed by atoms with Crippen LogP contribution in [0.3, 0.4) is 0 Å². The minimum atomic E-state index is 0.0901. The normalized spacial score (nSPS) is 26.3. The van der Waals surface area contributed by atoms with Gasteiger partial charge in [0.25, 0.3) is 5.91 Å². The first kappa shape index (κ1) is 14.6. The van der Waals surface area contributed by atoms with E-state index in [9.17, 15) is 4.79 Å². The SMILES string of the molecule is Cc1nnsc1C(=O)N1C2CCC1CC(Oc1ccncc1)C2. The van der Waals surface area contributed by atoms with Crippen LogP contribution in [-0.4, -0.2) is 43.6 Å². The monoisotopic (exact) mass is 330 g/mol. The van der Waals surface area contributed by atoms with Crippen molar-refractivity contribution in [3.63, 3.8) is 0 Å². The number of ether oxygens (including phenoxy) is 1. The highest BCUT2D eigenvalue weighted by Crippen LogP contribution is 2.38. The van der Waals surface area contributed by atoms with E-state index in [1.165, 1.54) is 11.5 Å². The Morgan fingerprint density at radius 1 is 1.26 bits per heavy atom. The van der Waals surface area contributed by atoms with Crippen molar-refractivity contribution in [3.05, 3.63) is 35.1 Å². The Labute approximate surface area is 138 Å². The fourth-order valence-corrected chi connectivity index (χ4v) is 4.31. The number of carbonyl (C=O) groups excluding carboxylic acids is 1. The second-order valence-electron chi connectivity index (χ2n) is 6.18. The number of rotatable bonds is 3. The maximum Gasteiger partial charge on any atom is 0.268 e. The van der Waals surface area contributed by atoms with Crippen LogP contribution in [-0.2, 0) is 0 Å². The zero-order chi connectivity index (χ0) is 15.8. The molecule has 23 heavy (non-hydrogen) atoms. The summed E-state index contributed by atoms with van der Waals surface area (Å²) in [6, 6.07) is 4.28. The minimum absolute atomic E-state index is 0.0901. The van der Waals surface area contributed by atoms with Crippen molar-refractivity contribution in [2.24, 2.45) is 0 Å². The van der Waals surface area contributed by atoms with Crippen molar-refractivity contribution in [2.75, 3.05) is 0 Å². The molecule has 0 saturated carbocycles. The Kier molecular flexibility index (Phi) is 3.72. The molecule has 2 aliphatic rings. The lowest BCUT2D eigenvalue weighted by atomic mass is 9.99. The van der Waals surface area contributed by atoms with E-state index in [1.54, 1.807) is 12.4 Å². The molecule has 7 heteroatoms. The molecule has 6 nitrogen and oxygen atoms in total. The van der Waals surface area contributed by atoms with E-state index in [-0.39, 0.29) is 24.1 Å². The number of fused-ring (bicyclic) bond motifs is 2. The van der Waals surface area contributed by atoms with Crippen molar-refractivity contribution in [2.45, 2.75) is 50.8 Å². The van der Waals surface area contributed by atoms with Gasteiger partial charge in [-0.15, -0.1) is 5.10 Å². The van der Waals surface area contributed by atoms with Gasteiger partial charge in [-0.3, -0.25) is 9.78 Å². The van der Waals surface area contributed by atoms with Crippen LogP contribution in [0.2, 0.25) is 0 Å². The Morgan fingerprint density at radius 2 is 1.96 bits per heavy atom. The standard InChI is InChI=1S/C16H18N4O2S/c1-10-15(23-19-18-10)16(21)20-11-2-3-12(20)9-14(8-11)22-13-4-6-17-7-5-13/h4-7,11-12,14H,2-3,8-9H2,1H3. The third-order valence-corrected chi connectivity index (χ3v) is 5.54. The van der Waals surface area contributed by atoms with Crippen LogP contribution < -0.4 is 4.74 Å². The number of aryl methyl sites for hydroxylation is 1. The van der Waals surface area contributed by atoms with Gasteiger partial charge in [-0.1, -0.05) is 4.49 Å². The Hall–Kier alpha value is -2.02. The Balaban J connectivity index is 1.48. The first-order valence-electron chi connectivity index (χ1n) is 7.90. The van der Waals surface area contributed by atoms with Gasteiger partial charge >= 0.3 is 0 Å². The van der Waals surface area contributed by atoms with Crippen LogP contribution >= 0.6 is 11.5 Å². The van der Waals surface area contributed by atoms with Gasteiger partial charge < -0.3 is 9.64 Å². The third-order valence-electron chi connectivity index (χ3n) is 4.72. The molecule has 1 amide bonds. The van der Waals surface area contributed by atoms with Crippen LogP contribution in [0.1, 0.15) is 41.0 Å². The fourth-order valence-electron chi connectivity index (χ4n) is 3.71. The number of carbonyl (C=O) groups is 1. The predicted molar refractivity (Wildman–Crippen MR) is 85.5 cm³/mol. The summed E-state index contributed by atoms with van der Waals surface area (Å²) >= 11 is 1.20. The predicted octanol–water partition coefficient (Wildman–Crippen LogP) is 2.46. The average molecular weight is 330 g/mol. The number of hydrogen-bond acceptors (Lipinski definition) is 6. The lowest BCUT2D eigenvalue weighted by Gasteiger charge is -2.38. The smallest absolute Gasteiger partial charge is 0.268 e. The van der Waals surface area contributed by atoms with Gasteiger partial charge in [-0.05, 0) is 43.4 Å². The molecule has 0 radical (unpaired) electrons. The summed E-state index contributed by atoms with van der Waals surface area (Å²) in [6.07, 6.45) is 7.52. The van der Waals surface area contributed by atoms with Gasteiger partial charge in [0.1, 0.15) is 16.7 Å². The summed E-state index contributed by atoms with van der Waals surface area (Å²) in [5.74, 6) is 0.944. The van der Waals surface area contributed by atoms with Crippen molar-refractivity contribution >= 4 is 17.4 Å². The lowest BCUT2D eigenvalue weighted by Crippen LogP contribution is -2.49. The molecular weight excluding hydrogens is 312 g/mol. The van der Waals surface area contributed by atoms with E-state index < -0.39 is 0 Å². The topological polar surface area (TPSA) is 68.2 Å². The molecule has 2 aromatic heterocycles. The molecule has 2 bridgehead atoms. The molecule has 2 saturated heterocycles. The van der Waals surface area contributed by atoms with Crippen molar-refractivity contribution < 1.29 is 9.53 Å². The van der Waals surface area contributed by atoms with Gasteiger partial charge in [0.05, 0.1) is 5.69 Å². The van der Waals surface area contributed by atoms with E-state index in [1.807, 2.05) is 19.1 Å². The van der Waals surface area contributed by atoms with Gasteiger partial charge in [0.15, 0.2) is 0 Å². The summed E-state index contributed by atoms with van der Waals surface area (Å²) in [7, 11) is 0. The molecule has 4 heterocycles. The van der Waals surface area contributed by atoms with Crippen molar-refractivity contribution in [1.82, 2.24) is 19.5 Å². The first-order valence-corrected chi connectivity index (χ1v) is 8.68. The largest absolute Gasteiger partial charge is 0.490 e. The summed E-state index contributed by atoms with van der Waals surface area (Å²) in [5, 5.41) is 3.96. The molecule has 0 aliphatic carbocycles. The van der Waals surface area contributed by atoms with Crippen LogP contribution in [0.15, 0.2) is 24.5 Å². The average Bonchev–Trinajstić information content (AvgIpc) is 3.09. The van der Waals surface area contributed by atoms with E-state index >= 15 is 0 Å².